The zero-order valence-corrected chi connectivity index (χ0v) is 12.8. The molecule has 1 aliphatic carbocycles. The van der Waals surface area contributed by atoms with Gasteiger partial charge >= 0.3 is 0 Å². The summed E-state index contributed by atoms with van der Waals surface area (Å²) in [6, 6.07) is 8.57. The average molecular weight is 286 g/mol. The summed E-state index contributed by atoms with van der Waals surface area (Å²) in [5.74, 6) is 0.782. The smallest absolute Gasteiger partial charge is 0.162 e. The number of aliphatic hydroxyl groups is 1. The third kappa shape index (κ3) is 2.33. The van der Waals surface area contributed by atoms with Crippen LogP contribution in [0.3, 0.4) is 0 Å². The van der Waals surface area contributed by atoms with Crippen molar-refractivity contribution in [3.63, 3.8) is 0 Å². The highest BCUT2D eigenvalue weighted by molar-refractivity contribution is 5.39. The minimum atomic E-state index is -0.589. The fraction of sp³-hybridized carbons (Fsp3) is 0.471. The van der Waals surface area contributed by atoms with E-state index in [2.05, 4.69) is 37.1 Å². The highest BCUT2D eigenvalue weighted by Gasteiger charge is 2.33. The van der Waals surface area contributed by atoms with Gasteiger partial charge in [-0.15, -0.1) is 0 Å². The molecule has 2 unspecified atom stereocenters. The molecular weight excluding hydrogens is 264 g/mol. The van der Waals surface area contributed by atoms with Gasteiger partial charge in [0.05, 0.1) is 13.3 Å². The van der Waals surface area contributed by atoms with Crippen LogP contribution in [0.2, 0.25) is 0 Å². The molecule has 3 rings (SSSR count). The Morgan fingerprint density at radius 3 is 2.81 bits per heavy atom. The molecule has 0 spiro atoms. The topological polar surface area (TPSA) is 47.3 Å². The molecule has 1 aromatic carbocycles. The van der Waals surface area contributed by atoms with Gasteiger partial charge < -0.3 is 9.84 Å². The second-order valence-electron chi connectivity index (χ2n) is 5.93. The number of fused-ring (bicyclic) bond motifs is 1. The van der Waals surface area contributed by atoms with Crippen LogP contribution in [-0.4, -0.2) is 22.0 Å². The Balaban J connectivity index is 2.00. The van der Waals surface area contributed by atoms with E-state index in [1.54, 1.807) is 13.3 Å². The SMILES string of the molecule is COc1cnn(C(C)C)c1C(O)C1CCc2ccccc21. The average Bonchev–Trinajstić information content (AvgIpc) is 3.10. The molecule has 0 radical (unpaired) electrons. The van der Waals surface area contributed by atoms with E-state index in [1.165, 1.54) is 11.1 Å². The summed E-state index contributed by atoms with van der Waals surface area (Å²) >= 11 is 0. The number of hydrogen-bond donors (Lipinski definition) is 1. The predicted octanol–water partition coefficient (Wildman–Crippen LogP) is 3.24. The maximum absolute atomic E-state index is 11.0. The zero-order valence-electron chi connectivity index (χ0n) is 12.8. The number of benzene rings is 1. The molecule has 0 aliphatic heterocycles. The Morgan fingerprint density at radius 2 is 2.10 bits per heavy atom. The van der Waals surface area contributed by atoms with Crippen molar-refractivity contribution in [3.8, 4) is 5.75 Å². The minimum Gasteiger partial charge on any atom is -0.493 e. The van der Waals surface area contributed by atoms with Crippen molar-refractivity contribution in [2.24, 2.45) is 0 Å². The lowest BCUT2D eigenvalue weighted by atomic mass is 9.93. The van der Waals surface area contributed by atoms with Gasteiger partial charge in [0.2, 0.25) is 0 Å². The summed E-state index contributed by atoms with van der Waals surface area (Å²) in [6.07, 6.45) is 3.09. The van der Waals surface area contributed by atoms with Gasteiger partial charge in [0.25, 0.3) is 0 Å². The van der Waals surface area contributed by atoms with Crippen LogP contribution >= 0.6 is 0 Å². The lowest BCUT2D eigenvalue weighted by molar-refractivity contribution is 0.129. The van der Waals surface area contributed by atoms with E-state index in [-0.39, 0.29) is 12.0 Å². The van der Waals surface area contributed by atoms with Crippen molar-refractivity contribution in [2.75, 3.05) is 7.11 Å². The fourth-order valence-corrected chi connectivity index (χ4v) is 3.31. The standard InChI is InChI=1S/C17H22N2O2/c1-11(2)19-16(15(21-3)10-18-19)17(20)14-9-8-12-6-4-5-7-13(12)14/h4-7,10-11,14,17,20H,8-9H2,1-3H3. The van der Waals surface area contributed by atoms with Gasteiger partial charge in [-0.1, -0.05) is 24.3 Å². The monoisotopic (exact) mass is 286 g/mol. The maximum atomic E-state index is 11.0. The van der Waals surface area contributed by atoms with E-state index in [4.69, 9.17) is 4.74 Å². The van der Waals surface area contributed by atoms with Crippen molar-refractivity contribution in [1.29, 1.82) is 0 Å². The molecule has 4 heteroatoms. The summed E-state index contributed by atoms with van der Waals surface area (Å²) in [7, 11) is 1.63. The zero-order chi connectivity index (χ0) is 15.0. The maximum Gasteiger partial charge on any atom is 0.162 e. The van der Waals surface area contributed by atoms with Crippen molar-refractivity contribution in [3.05, 3.63) is 47.3 Å². The second-order valence-corrected chi connectivity index (χ2v) is 5.93. The lowest BCUT2D eigenvalue weighted by Crippen LogP contribution is -2.16. The first-order chi connectivity index (χ1) is 10.1. The van der Waals surface area contributed by atoms with Gasteiger partial charge in [-0.3, -0.25) is 4.68 Å². The summed E-state index contributed by atoms with van der Waals surface area (Å²) in [4.78, 5) is 0. The molecular formula is C17H22N2O2. The van der Waals surface area contributed by atoms with E-state index < -0.39 is 6.10 Å². The Bertz CT molecular complexity index is 633. The molecule has 1 aliphatic rings. The first-order valence-corrected chi connectivity index (χ1v) is 7.50. The number of ether oxygens (including phenoxy) is 1. The minimum absolute atomic E-state index is 0.115. The molecule has 2 atom stereocenters. The lowest BCUT2D eigenvalue weighted by Gasteiger charge is -2.22. The number of hydrogen-bond acceptors (Lipinski definition) is 3. The van der Waals surface area contributed by atoms with Crippen LogP contribution in [0.15, 0.2) is 30.5 Å². The van der Waals surface area contributed by atoms with Crippen LogP contribution in [0.1, 0.15) is 55.2 Å². The fourth-order valence-electron chi connectivity index (χ4n) is 3.31. The number of aliphatic hydroxyl groups excluding tert-OH is 1. The third-order valence-corrected chi connectivity index (χ3v) is 4.35. The van der Waals surface area contributed by atoms with Crippen LogP contribution in [0.5, 0.6) is 5.75 Å². The van der Waals surface area contributed by atoms with Gasteiger partial charge in [0.1, 0.15) is 11.8 Å². The Kier molecular flexibility index (Phi) is 3.72. The highest BCUT2D eigenvalue weighted by atomic mass is 16.5. The van der Waals surface area contributed by atoms with Crippen molar-refractivity contribution < 1.29 is 9.84 Å². The molecule has 4 nitrogen and oxygen atoms in total. The van der Waals surface area contributed by atoms with E-state index >= 15 is 0 Å². The van der Waals surface area contributed by atoms with E-state index in [1.807, 2.05) is 10.7 Å². The third-order valence-electron chi connectivity index (χ3n) is 4.35. The van der Waals surface area contributed by atoms with Crippen molar-refractivity contribution in [2.45, 2.75) is 44.8 Å². The molecule has 2 aromatic rings. The highest BCUT2D eigenvalue weighted by Crippen LogP contribution is 2.44. The second kappa shape index (κ2) is 5.53. The molecule has 1 N–H and O–H groups in total. The molecule has 0 saturated heterocycles. The summed E-state index contributed by atoms with van der Waals surface area (Å²) in [5, 5.41) is 15.3. The van der Waals surface area contributed by atoms with Crippen LogP contribution < -0.4 is 4.74 Å². The number of methoxy groups -OCH3 is 1. The van der Waals surface area contributed by atoms with Crippen molar-refractivity contribution in [1.82, 2.24) is 9.78 Å². The first kappa shape index (κ1) is 14.1. The summed E-state index contributed by atoms with van der Waals surface area (Å²) in [5.41, 5.74) is 3.38. The van der Waals surface area contributed by atoms with Gasteiger partial charge in [-0.2, -0.15) is 5.10 Å². The van der Waals surface area contributed by atoms with Crippen LogP contribution in [0.4, 0.5) is 0 Å². The number of rotatable bonds is 4. The normalized spacial score (nSPS) is 18.8. The molecule has 0 bridgehead atoms. The molecule has 21 heavy (non-hydrogen) atoms. The van der Waals surface area contributed by atoms with Gasteiger partial charge in [0.15, 0.2) is 5.75 Å². The Labute approximate surface area is 125 Å². The van der Waals surface area contributed by atoms with Crippen molar-refractivity contribution >= 4 is 0 Å². The first-order valence-electron chi connectivity index (χ1n) is 7.50. The largest absolute Gasteiger partial charge is 0.493 e. The number of aryl methyl sites for hydroxylation is 1. The van der Waals surface area contributed by atoms with E-state index in [9.17, 15) is 5.11 Å². The van der Waals surface area contributed by atoms with Gasteiger partial charge in [-0.25, -0.2) is 0 Å². The summed E-state index contributed by atoms with van der Waals surface area (Å²) in [6.45, 7) is 4.12. The number of aromatic nitrogens is 2. The van der Waals surface area contributed by atoms with Gasteiger partial charge in [-0.05, 0) is 37.8 Å². The van der Waals surface area contributed by atoms with Gasteiger partial charge in [0, 0.05) is 12.0 Å². The van der Waals surface area contributed by atoms with E-state index in [0.717, 1.165) is 18.5 Å². The predicted molar refractivity (Wildman–Crippen MR) is 81.6 cm³/mol. The molecule has 112 valence electrons. The Morgan fingerprint density at radius 1 is 1.33 bits per heavy atom. The molecule has 0 saturated carbocycles. The number of nitrogens with zero attached hydrogens (tertiary/aromatic N) is 2. The quantitative estimate of drug-likeness (QED) is 0.938. The van der Waals surface area contributed by atoms with Crippen LogP contribution in [0.25, 0.3) is 0 Å². The van der Waals surface area contributed by atoms with Crippen LogP contribution in [0, 0.1) is 0 Å². The molecule has 0 fully saturated rings. The van der Waals surface area contributed by atoms with E-state index in [0.29, 0.717) is 5.75 Å². The molecule has 1 aromatic heterocycles. The molecule has 0 amide bonds. The van der Waals surface area contributed by atoms with Crippen LogP contribution in [-0.2, 0) is 6.42 Å². The molecule has 1 heterocycles. The summed E-state index contributed by atoms with van der Waals surface area (Å²) < 4.78 is 7.27. The Hall–Kier alpha value is -1.81.